The molecule has 7 nitrogen and oxygen atoms in total. The molecule has 1 aliphatic carbocycles. The van der Waals surface area contributed by atoms with Crippen molar-refractivity contribution in [3.05, 3.63) is 0 Å². The molecular formula is C19H33N3O4. The second-order valence-corrected chi connectivity index (χ2v) is 7.86. The first-order valence-electron chi connectivity index (χ1n) is 10.1. The number of fused-ring (bicyclic) bond motifs is 1. The lowest BCUT2D eigenvalue weighted by Crippen LogP contribution is -2.57. The van der Waals surface area contributed by atoms with E-state index in [4.69, 9.17) is 9.47 Å². The fraction of sp³-hybridized carbons (Fsp3) is 0.895. The molecule has 0 aromatic carbocycles. The predicted octanol–water partition coefficient (Wildman–Crippen LogP) is 1.82. The molecular weight excluding hydrogens is 334 g/mol. The fourth-order valence-corrected chi connectivity index (χ4v) is 4.87. The van der Waals surface area contributed by atoms with Gasteiger partial charge in [0.15, 0.2) is 5.79 Å². The minimum absolute atomic E-state index is 0.0562. The normalized spacial score (nSPS) is 30.8. The summed E-state index contributed by atoms with van der Waals surface area (Å²) in [5.41, 5.74) is 0. The number of imide groups is 1. The van der Waals surface area contributed by atoms with Gasteiger partial charge in [-0.3, -0.25) is 9.69 Å². The van der Waals surface area contributed by atoms with Gasteiger partial charge in [-0.15, -0.1) is 0 Å². The van der Waals surface area contributed by atoms with Crippen LogP contribution in [0.5, 0.6) is 0 Å². The number of urea groups is 1. The minimum Gasteiger partial charge on any atom is -0.348 e. The summed E-state index contributed by atoms with van der Waals surface area (Å²) in [6.07, 6.45) is 4.48. The van der Waals surface area contributed by atoms with Crippen LogP contribution < -0.4 is 5.32 Å². The average Bonchev–Trinajstić information content (AvgIpc) is 3.07. The Morgan fingerprint density at radius 1 is 1.27 bits per heavy atom. The van der Waals surface area contributed by atoms with Gasteiger partial charge >= 0.3 is 6.03 Å². The van der Waals surface area contributed by atoms with Crippen LogP contribution in [0.1, 0.15) is 46.0 Å². The number of nitrogens with one attached hydrogen (secondary N) is 1. The Balaban J connectivity index is 1.66. The van der Waals surface area contributed by atoms with Crippen LogP contribution in [-0.2, 0) is 14.3 Å². The number of carbonyl (C=O) groups is 2. The highest BCUT2D eigenvalue weighted by Crippen LogP contribution is 2.45. The molecule has 0 unspecified atom stereocenters. The van der Waals surface area contributed by atoms with Crippen LogP contribution in [0.25, 0.3) is 0 Å². The fourth-order valence-electron chi connectivity index (χ4n) is 4.87. The highest BCUT2D eigenvalue weighted by Gasteiger charge is 2.49. The predicted molar refractivity (Wildman–Crippen MR) is 97.6 cm³/mol. The molecule has 3 atom stereocenters. The number of carbonyl (C=O) groups excluding carboxylic acids is 2. The lowest BCUT2D eigenvalue weighted by molar-refractivity contribution is -0.202. The van der Waals surface area contributed by atoms with Crippen LogP contribution >= 0.6 is 0 Å². The smallest absolute Gasteiger partial charge is 0.324 e. The summed E-state index contributed by atoms with van der Waals surface area (Å²) in [5.74, 6) is -0.271. The molecule has 1 N–H and O–H groups in total. The summed E-state index contributed by atoms with van der Waals surface area (Å²) in [4.78, 5) is 29.0. The van der Waals surface area contributed by atoms with E-state index in [9.17, 15) is 9.59 Å². The van der Waals surface area contributed by atoms with Gasteiger partial charge in [-0.1, -0.05) is 6.92 Å². The van der Waals surface area contributed by atoms with Crippen LogP contribution in [0.4, 0.5) is 4.79 Å². The Morgan fingerprint density at radius 2 is 2.00 bits per heavy atom. The second-order valence-electron chi connectivity index (χ2n) is 7.86. The van der Waals surface area contributed by atoms with Gasteiger partial charge in [0.05, 0.1) is 19.1 Å². The van der Waals surface area contributed by atoms with E-state index < -0.39 is 5.79 Å². The second kappa shape index (κ2) is 8.23. The van der Waals surface area contributed by atoms with Crippen LogP contribution in [-0.4, -0.2) is 73.5 Å². The van der Waals surface area contributed by atoms with Gasteiger partial charge in [0.1, 0.15) is 0 Å². The molecule has 7 heteroatoms. The van der Waals surface area contributed by atoms with Crippen LogP contribution in [0, 0.1) is 11.8 Å². The highest BCUT2D eigenvalue weighted by molar-refractivity contribution is 5.95. The number of piperidine rings is 1. The van der Waals surface area contributed by atoms with E-state index in [-0.39, 0.29) is 17.9 Å². The number of rotatable bonds is 4. The standard InChI is InChI=1S/C19H33N3O4/c1-4-8-20-18(24)22(5-2)17(23)15-11-14-12-19(25-9-10-26-19)7-6-16(14)21(3)13-15/h14-16H,4-13H2,1-3H3,(H,20,24)/t14-,15-,16-/m1/s1. The van der Waals surface area contributed by atoms with E-state index >= 15 is 0 Å². The van der Waals surface area contributed by atoms with Crippen molar-refractivity contribution in [2.75, 3.05) is 39.9 Å². The van der Waals surface area contributed by atoms with Crippen molar-refractivity contribution in [3.8, 4) is 0 Å². The van der Waals surface area contributed by atoms with Gasteiger partial charge in [-0.05, 0) is 39.2 Å². The SMILES string of the molecule is CCCNC(=O)N(CC)C(=O)[C@@H]1C[C@@H]2CC3(CC[C@H]2N(C)C1)OCCO3. The molecule has 3 rings (SSSR count). The number of hydrogen-bond donors (Lipinski definition) is 1. The third kappa shape index (κ3) is 3.89. The van der Waals surface area contributed by atoms with Crippen molar-refractivity contribution in [3.63, 3.8) is 0 Å². The van der Waals surface area contributed by atoms with Crippen LogP contribution in [0.3, 0.4) is 0 Å². The summed E-state index contributed by atoms with van der Waals surface area (Å²) in [7, 11) is 2.10. The zero-order valence-electron chi connectivity index (χ0n) is 16.3. The van der Waals surface area contributed by atoms with E-state index in [2.05, 4.69) is 17.3 Å². The lowest BCUT2D eigenvalue weighted by Gasteiger charge is -2.49. The van der Waals surface area contributed by atoms with Crippen molar-refractivity contribution in [2.24, 2.45) is 11.8 Å². The third-order valence-electron chi connectivity index (χ3n) is 6.12. The molecule has 2 aliphatic heterocycles. The van der Waals surface area contributed by atoms with Crippen LogP contribution in [0.2, 0.25) is 0 Å². The van der Waals surface area contributed by atoms with Gasteiger partial charge in [-0.2, -0.15) is 0 Å². The van der Waals surface area contributed by atoms with Crippen molar-refractivity contribution in [1.82, 2.24) is 15.1 Å². The van der Waals surface area contributed by atoms with E-state index in [0.29, 0.717) is 44.8 Å². The zero-order chi connectivity index (χ0) is 18.7. The van der Waals surface area contributed by atoms with Gasteiger partial charge in [0, 0.05) is 38.5 Å². The third-order valence-corrected chi connectivity index (χ3v) is 6.12. The van der Waals surface area contributed by atoms with E-state index in [1.54, 1.807) is 0 Å². The molecule has 2 heterocycles. The van der Waals surface area contributed by atoms with Crippen molar-refractivity contribution in [1.29, 1.82) is 0 Å². The van der Waals surface area contributed by atoms with Gasteiger partial charge in [0.2, 0.25) is 5.91 Å². The molecule has 0 aromatic rings. The molecule has 2 saturated heterocycles. The molecule has 0 bridgehead atoms. The number of nitrogens with zero attached hydrogens (tertiary/aromatic N) is 2. The maximum absolute atomic E-state index is 13.0. The lowest BCUT2D eigenvalue weighted by atomic mass is 9.72. The topological polar surface area (TPSA) is 71.1 Å². The van der Waals surface area contributed by atoms with Gasteiger partial charge in [0.25, 0.3) is 0 Å². The van der Waals surface area contributed by atoms with E-state index in [0.717, 1.165) is 32.1 Å². The first-order chi connectivity index (χ1) is 12.5. The molecule has 1 spiro atoms. The summed E-state index contributed by atoms with van der Waals surface area (Å²) in [6.45, 7) is 6.89. The van der Waals surface area contributed by atoms with Crippen molar-refractivity contribution < 1.29 is 19.1 Å². The molecule has 0 aromatic heterocycles. The maximum atomic E-state index is 13.0. The molecule has 26 heavy (non-hydrogen) atoms. The molecule has 0 radical (unpaired) electrons. The Morgan fingerprint density at radius 3 is 2.65 bits per heavy atom. The summed E-state index contributed by atoms with van der Waals surface area (Å²) >= 11 is 0. The van der Waals surface area contributed by atoms with Crippen LogP contribution in [0.15, 0.2) is 0 Å². The first-order valence-corrected chi connectivity index (χ1v) is 10.1. The molecule has 3 amide bonds. The highest BCUT2D eigenvalue weighted by atomic mass is 16.7. The largest absolute Gasteiger partial charge is 0.348 e. The van der Waals surface area contributed by atoms with Crippen molar-refractivity contribution in [2.45, 2.75) is 57.8 Å². The Bertz CT molecular complexity index is 521. The van der Waals surface area contributed by atoms with E-state index in [1.165, 1.54) is 4.90 Å². The minimum atomic E-state index is -0.435. The Kier molecular flexibility index (Phi) is 6.20. The monoisotopic (exact) mass is 367 g/mol. The first kappa shape index (κ1) is 19.6. The van der Waals surface area contributed by atoms with E-state index in [1.807, 2.05) is 13.8 Å². The summed E-state index contributed by atoms with van der Waals surface area (Å²) in [6, 6.07) is 0.202. The number of hydrogen-bond acceptors (Lipinski definition) is 5. The summed E-state index contributed by atoms with van der Waals surface area (Å²) < 4.78 is 11.8. The quantitative estimate of drug-likeness (QED) is 0.821. The molecule has 1 saturated carbocycles. The van der Waals surface area contributed by atoms with Crippen molar-refractivity contribution >= 4 is 11.9 Å². The zero-order valence-corrected chi connectivity index (χ0v) is 16.3. The van der Waals surface area contributed by atoms with Gasteiger partial charge in [-0.25, -0.2) is 4.79 Å². The number of likely N-dealkylation sites (tertiary alicyclic amines) is 1. The molecule has 3 fully saturated rings. The molecule has 3 aliphatic rings. The van der Waals surface area contributed by atoms with Gasteiger partial charge < -0.3 is 19.7 Å². The Labute approximate surface area is 156 Å². The maximum Gasteiger partial charge on any atom is 0.324 e. The summed E-state index contributed by atoms with van der Waals surface area (Å²) in [5, 5.41) is 2.82. The number of ether oxygens (including phenoxy) is 2. The Hall–Kier alpha value is -1.18. The number of amides is 3. The average molecular weight is 367 g/mol. The molecule has 148 valence electrons.